The fourth-order valence-corrected chi connectivity index (χ4v) is 1.43. The number of hydrazine groups is 1. The third kappa shape index (κ3) is 2.60. The highest BCUT2D eigenvalue weighted by molar-refractivity contribution is 5.52. The van der Waals surface area contributed by atoms with E-state index in [0.29, 0.717) is 0 Å². The molecule has 0 aliphatic carbocycles. The van der Waals surface area contributed by atoms with Crippen molar-refractivity contribution >= 4 is 5.69 Å². The van der Waals surface area contributed by atoms with Gasteiger partial charge in [-0.2, -0.15) is 0 Å². The minimum absolute atomic E-state index is 0.818. The van der Waals surface area contributed by atoms with Crippen LogP contribution in [0, 0.1) is 6.92 Å². The summed E-state index contributed by atoms with van der Waals surface area (Å²) in [7, 11) is 0. The average Bonchev–Trinajstić information content (AvgIpc) is 2.18. The van der Waals surface area contributed by atoms with Crippen LogP contribution in [0.1, 0.15) is 12.5 Å². The molecule has 0 heterocycles. The summed E-state index contributed by atoms with van der Waals surface area (Å²) >= 11 is 0. The van der Waals surface area contributed by atoms with Crippen LogP contribution in [0.4, 0.5) is 5.69 Å². The van der Waals surface area contributed by atoms with Crippen molar-refractivity contribution in [3.05, 3.63) is 42.5 Å². The quantitative estimate of drug-likeness (QED) is 0.567. The first kappa shape index (κ1) is 10.8. The van der Waals surface area contributed by atoms with Gasteiger partial charge in [-0.05, 0) is 18.6 Å². The minimum Gasteiger partial charge on any atom is -0.304 e. The van der Waals surface area contributed by atoms with E-state index in [4.69, 9.17) is 0 Å². The lowest BCUT2D eigenvalue weighted by atomic mass is 10.2. The fraction of sp³-hybridized carbons (Fsp3) is 0.333. The number of para-hydroxylation sites is 1. The highest BCUT2D eigenvalue weighted by atomic mass is 15.5. The first-order valence-corrected chi connectivity index (χ1v) is 4.97. The van der Waals surface area contributed by atoms with Crippen molar-refractivity contribution in [3.63, 3.8) is 0 Å². The van der Waals surface area contributed by atoms with Gasteiger partial charge in [-0.1, -0.05) is 31.2 Å². The van der Waals surface area contributed by atoms with E-state index in [9.17, 15) is 0 Å². The summed E-state index contributed by atoms with van der Waals surface area (Å²) in [4.78, 5) is 0. The smallest absolute Gasteiger partial charge is 0.0552 e. The van der Waals surface area contributed by atoms with Crippen LogP contribution in [-0.2, 0) is 0 Å². The monoisotopic (exact) mass is 190 g/mol. The number of aryl methyl sites for hydroxylation is 1. The Morgan fingerprint density at radius 2 is 2.14 bits per heavy atom. The Bertz CT molecular complexity index is 294. The van der Waals surface area contributed by atoms with Gasteiger partial charge in [0.15, 0.2) is 0 Å². The molecule has 1 rings (SSSR count). The molecule has 0 aliphatic heterocycles. The van der Waals surface area contributed by atoms with E-state index in [1.165, 1.54) is 11.3 Å². The zero-order valence-electron chi connectivity index (χ0n) is 8.96. The third-order valence-corrected chi connectivity index (χ3v) is 2.07. The highest BCUT2D eigenvalue weighted by Crippen LogP contribution is 2.17. The van der Waals surface area contributed by atoms with Gasteiger partial charge in [0.05, 0.1) is 12.2 Å². The second kappa shape index (κ2) is 5.45. The van der Waals surface area contributed by atoms with Gasteiger partial charge in [0.1, 0.15) is 0 Å². The molecule has 0 fully saturated rings. The van der Waals surface area contributed by atoms with Gasteiger partial charge in [-0.3, -0.25) is 0 Å². The zero-order valence-corrected chi connectivity index (χ0v) is 8.96. The summed E-state index contributed by atoms with van der Waals surface area (Å²) in [6.45, 7) is 9.70. The van der Waals surface area contributed by atoms with Crippen LogP contribution in [0.3, 0.4) is 0 Å². The van der Waals surface area contributed by atoms with Crippen LogP contribution in [0.2, 0.25) is 0 Å². The van der Waals surface area contributed by atoms with Crippen molar-refractivity contribution in [2.24, 2.45) is 0 Å². The number of anilines is 1. The number of nitrogens with one attached hydrogen (secondary N) is 1. The van der Waals surface area contributed by atoms with Gasteiger partial charge in [0, 0.05) is 6.54 Å². The average molecular weight is 190 g/mol. The Hall–Kier alpha value is -1.28. The first-order valence-electron chi connectivity index (χ1n) is 4.97. The largest absolute Gasteiger partial charge is 0.304 e. The summed E-state index contributed by atoms with van der Waals surface area (Å²) in [6.07, 6.45) is 1.90. The summed E-state index contributed by atoms with van der Waals surface area (Å²) in [5.41, 5.74) is 5.79. The summed E-state index contributed by atoms with van der Waals surface area (Å²) in [5, 5.41) is 2.11. The highest BCUT2D eigenvalue weighted by Gasteiger charge is 2.04. The maximum atomic E-state index is 3.76. The number of rotatable bonds is 5. The van der Waals surface area contributed by atoms with Crippen LogP contribution < -0.4 is 10.4 Å². The third-order valence-electron chi connectivity index (χ3n) is 2.07. The Kier molecular flexibility index (Phi) is 4.20. The zero-order chi connectivity index (χ0) is 10.4. The lowest BCUT2D eigenvalue weighted by Gasteiger charge is -2.25. The number of benzene rings is 1. The molecule has 0 saturated carbocycles. The first-order chi connectivity index (χ1) is 6.79. The molecule has 0 aliphatic rings. The van der Waals surface area contributed by atoms with Crippen LogP contribution in [0.15, 0.2) is 36.9 Å². The predicted molar refractivity (Wildman–Crippen MR) is 62.4 cm³/mol. The van der Waals surface area contributed by atoms with Gasteiger partial charge in [0.25, 0.3) is 0 Å². The Balaban J connectivity index is 2.86. The molecule has 0 atom stereocenters. The molecular weight excluding hydrogens is 172 g/mol. The lowest BCUT2D eigenvalue weighted by Crippen LogP contribution is -2.38. The van der Waals surface area contributed by atoms with E-state index in [1.54, 1.807) is 0 Å². The standard InChI is InChI=1S/C12H18N2/c1-4-10-14(13-5-2)12-9-7-6-8-11(12)3/h4,6-9,13H,1,5,10H2,2-3H3. The second-order valence-corrected chi connectivity index (χ2v) is 3.20. The Labute approximate surface area is 86.2 Å². The van der Waals surface area contributed by atoms with Crippen LogP contribution in [-0.4, -0.2) is 13.1 Å². The lowest BCUT2D eigenvalue weighted by molar-refractivity contribution is 0.679. The molecule has 2 nitrogen and oxygen atoms in total. The van der Waals surface area contributed by atoms with Crippen molar-refractivity contribution in [1.29, 1.82) is 0 Å². The SMILES string of the molecule is C=CCN(NCC)c1ccccc1C. The van der Waals surface area contributed by atoms with Crippen molar-refractivity contribution in [3.8, 4) is 0 Å². The minimum atomic E-state index is 0.818. The molecule has 0 radical (unpaired) electrons. The molecular formula is C12H18N2. The Morgan fingerprint density at radius 1 is 1.43 bits per heavy atom. The van der Waals surface area contributed by atoms with Crippen molar-refractivity contribution in [2.45, 2.75) is 13.8 Å². The molecule has 76 valence electrons. The van der Waals surface area contributed by atoms with Gasteiger partial charge >= 0.3 is 0 Å². The molecule has 1 aromatic rings. The molecule has 0 aromatic heterocycles. The van der Waals surface area contributed by atoms with Gasteiger partial charge in [-0.25, -0.2) is 5.43 Å². The molecule has 0 spiro atoms. The van der Waals surface area contributed by atoms with E-state index in [1.807, 2.05) is 6.08 Å². The topological polar surface area (TPSA) is 15.3 Å². The maximum absolute atomic E-state index is 3.76. The number of nitrogens with zero attached hydrogens (tertiary/aromatic N) is 1. The van der Waals surface area contributed by atoms with Crippen molar-refractivity contribution in [2.75, 3.05) is 18.1 Å². The van der Waals surface area contributed by atoms with E-state index < -0.39 is 0 Å². The molecule has 2 heteroatoms. The molecule has 0 unspecified atom stereocenters. The van der Waals surface area contributed by atoms with Crippen LogP contribution in [0.25, 0.3) is 0 Å². The molecule has 14 heavy (non-hydrogen) atoms. The van der Waals surface area contributed by atoms with E-state index in [0.717, 1.165) is 13.1 Å². The van der Waals surface area contributed by atoms with Crippen molar-refractivity contribution in [1.82, 2.24) is 5.43 Å². The normalized spacial score (nSPS) is 9.86. The molecule has 1 aromatic carbocycles. The number of hydrogen-bond acceptors (Lipinski definition) is 2. The molecule has 1 N–H and O–H groups in total. The molecule has 0 saturated heterocycles. The number of hydrogen-bond donors (Lipinski definition) is 1. The van der Waals surface area contributed by atoms with E-state index >= 15 is 0 Å². The van der Waals surface area contributed by atoms with Gasteiger partial charge in [-0.15, -0.1) is 6.58 Å². The fourth-order valence-electron chi connectivity index (χ4n) is 1.43. The van der Waals surface area contributed by atoms with Crippen LogP contribution in [0.5, 0.6) is 0 Å². The Morgan fingerprint density at radius 3 is 2.71 bits per heavy atom. The molecule has 0 bridgehead atoms. The van der Waals surface area contributed by atoms with E-state index in [-0.39, 0.29) is 0 Å². The molecule has 0 amide bonds. The summed E-state index contributed by atoms with van der Waals surface area (Å²) in [6, 6.07) is 8.33. The van der Waals surface area contributed by atoms with Crippen molar-refractivity contribution < 1.29 is 0 Å². The van der Waals surface area contributed by atoms with Gasteiger partial charge in [0.2, 0.25) is 0 Å². The summed E-state index contributed by atoms with van der Waals surface area (Å²) < 4.78 is 0. The predicted octanol–water partition coefficient (Wildman–Crippen LogP) is 2.51. The maximum Gasteiger partial charge on any atom is 0.0552 e. The van der Waals surface area contributed by atoms with Crippen LogP contribution >= 0.6 is 0 Å². The van der Waals surface area contributed by atoms with Gasteiger partial charge < -0.3 is 5.01 Å². The van der Waals surface area contributed by atoms with E-state index in [2.05, 4.69) is 55.1 Å². The second-order valence-electron chi connectivity index (χ2n) is 3.20. The summed E-state index contributed by atoms with van der Waals surface area (Å²) in [5.74, 6) is 0.